The van der Waals surface area contributed by atoms with Gasteiger partial charge in [-0.25, -0.2) is 0 Å². The third-order valence-electron chi connectivity index (χ3n) is 4.01. The molecule has 1 aliphatic heterocycles. The first-order valence-corrected chi connectivity index (χ1v) is 7.66. The number of hydrogen-bond donors (Lipinski definition) is 0. The van der Waals surface area contributed by atoms with E-state index in [-0.39, 0.29) is 5.91 Å². The van der Waals surface area contributed by atoms with Crippen LogP contribution in [0.2, 0.25) is 0 Å². The minimum absolute atomic E-state index is 0.0112. The van der Waals surface area contributed by atoms with Crippen LogP contribution in [0, 0.1) is 6.92 Å². The topological polar surface area (TPSA) is 58.6 Å². The Bertz CT molecular complexity index is 679. The molecule has 0 aliphatic carbocycles. The molecule has 1 aromatic carbocycles. The summed E-state index contributed by atoms with van der Waals surface area (Å²) >= 11 is 0. The molecule has 0 unspecified atom stereocenters. The molecule has 0 saturated carbocycles. The molecule has 0 spiro atoms. The molecule has 6 nitrogen and oxygen atoms in total. The van der Waals surface area contributed by atoms with Crippen molar-refractivity contribution in [1.29, 1.82) is 0 Å². The summed E-state index contributed by atoms with van der Waals surface area (Å²) in [5, 5.41) is 8.30. The molecule has 0 N–H and O–H groups in total. The maximum atomic E-state index is 12.7. The van der Waals surface area contributed by atoms with Gasteiger partial charge in [-0.15, -0.1) is 5.10 Å². The van der Waals surface area contributed by atoms with Gasteiger partial charge in [-0.2, -0.15) is 5.10 Å². The number of anilines is 1. The number of nitrogens with zero attached hydrogens (tertiary/aromatic N) is 4. The molecule has 0 bridgehead atoms. The van der Waals surface area contributed by atoms with Crippen molar-refractivity contribution in [3.05, 3.63) is 47.7 Å². The summed E-state index contributed by atoms with van der Waals surface area (Å²) in [5.74, 6) is 1.49. The van der Waals surface area contributed by atoms with Crippen LogP contribution < -0.4 is 9.64 Å². The number of piperazine rings is 1. The van der Waals surface area contributed by atoms with E-state index < -0.39 is 0 Å². The smallest absolute Gasteiger partial charge is 0.257 e. The van der Waals surface area contributed by atoms with Crippen molar-refractivity contribution in [1.82, 2.24) is 15.1 Å². The SMILES string of the molecule is COc1ccccc1C(=O)N1CCN(c2ccc(C)nn2)CC1. The van der Waals surface area contributed by atoms with E-state index in [0.29, 0.717) is 24.4 Å². The number of hydrogen-bond acceptors (Lipinski definition) is 5. The molecule has 120 valence electrons. The average Bonchev–Trinajstić information content (AvgIpc) is 2.62. The predicted molar refractivity (Wildman–Crippen MR) is 87.9 cm³/mol. The van der Waals surface area contributed by atoms with Gasteiger partial charge in [-0.3, -0.25) is 4.79 Å². The number of aryl methyl sites for hydroxylation is 1. The lowest BCUT2D eigenvalue weighted by Gasteiger charge is -2.35. The molecule has 6 heteroatoms. The van der Waals surface area contributed by atoms with Crippen LogP contribution in [0.1, 0.15) is 16.1 Å². The van der Waals surface area contributed by atoms with Gasteiger partial charge in [-0.05, 0) is 31.2 Å². The van der Waals surface area contributed by atoms with E-state index in [1.807, 2.05) is 42.2 Å². The highest BCUT2D eigenvalue weighted by Crippen LogP contribution is 2.21. The van der Waals surface area contributed by atoms with Crippen LogP contribution in [0.25, 0.3) is 0 Å². The Hall–Kier alpha value is -2.63. The van der Waals surface area contributed by atoms with Gasteiger partial charge < -0.3 is 14.5 Å². The summed E-state index contributed by atoms with van der Waals surface area (Å²) in [7, 11) is 1.58. The standard InChI is InChI=1S/C17H20N4O2/c1-13-7-8-16(19-18-13)20-9-11-21(12-10-20)17(22)14-5-3-4-6-15(14)23-2/h3-8H,9-12H2,1-2H3. The Kier molecular flexibility index (Phi) is 4.41. The number of amides is 1. The molecule has 1 aliphatic rings. The fourth-order valence-electron chi connectivity index (χ4n) is 2.69. The summed E-state index contributed by atoms with van der Waals surface area (Å²) < 4.78 is 5.28. The zero-order valence-corrected chi connectivity index (χ0v) is 13.4. The lowest BCUT2D eigenvalue weighted by molar-refractivity contribution is 0.0743. The van der Waals surface area contributed by atoms with Crippen LogP contribution >= 0.6 is 0 Å². The first-order valence-electron chi connectivity index (χ1n) is 7.66. The van der Waals surface area contributed by atoms with Crippen molar-refractivity contribution in [2.24, 2.45) is 0 Å². The molecule has 1 aromatic heterocycles. The van der Waals surface area contributed by atoms with Crippen molar-refractivity contribution in [2.45, 2.75) is 6.92 Å². The largest absolute Gasteiger partial charge is 0.496 e. The van der Waals surface area contributed by atoms with E-state index in [9.17, 15) is 4.79 Å². The second-order valence-electron chi connectivity index (χ2n) is 5.51. The lowest BCUT2D eigenvalue weighted by atomic mass is 10.1. The molecule has 2 aromatic rings. The Morgan fingerprint density at radius 3 is 2.43 bits per heavy atom. The van der Waals surface area contributed by atoms with Crippen LogP contribution in [0.5, 0.6) is 5.75 Å². The van der Waals surface area contributed by atoms with Gasteiger partial charge in [0.25, 0.3) is 5.91 Å². The van der Waals surface area contributed by atoms with Crippen molar-refractivity contribution < 1.29 is 9.53 Å². The van der Waals surface area contributed by atoms with Crippen LogP contribution in [-0.2, 0) is 0 Å². The van der Waals surface area contributed by atoms with E-state index in [4.69, 9.17) is 4.74 Å². The van der Waals surface area contributed by atoms with Gasteiger partial charge in [0.15, 0.2) is 5.82 Å². The fraction of sp³-hybridized carbons (Fsp3) is 0.353. The zero-order valence-electron chi connectivity index (χ0n) is 13.4. The first kappa shape index (κ1) is 15.3. The maximum absolute atomic E-state index is 12.7. The van der Waals surface area contributed by atoms with Crippen LogP contribution in [0.3, 0.4) is 0 Å². The van der Waals surface area contributed by atoms with Crippen LogP contribution in [0.4, 0.5) is 5.82 Å². The summed E-state index contributed by atoms with van der Waals surface area (Å²) in [5.41, 5.74) is 1.51. The predicted octanol–water partition coefficient (Wildman–Crippen LogP) is 1.76. The zero-order chi connectivity index (χ0) is 16.2. The van der Waals surface area contributed by atoms with E-state index in [1.165, 1.54) is 0 Å². The maximum Gasteiger partial charge on any atom is 0.257 e. The quantitative estimate of drug-likeness (QED) is 0.864. The number of benzene rings is 1. The highest BCUT2D eigenvalue weighted by atomic mass is 16.5. The monoisotopic (exact) mass is 312 g/mol. The molecule has 1 saturated heterocycles. The van der Waals surface area contributed by atoms with Gasteiger partial charge in [0, 0.05) is 26.2 Å². The van der Waals surface area contributed by atoms with E-state index >= 15 is 0 Å². The second-order valence-corrected chi connectivity index (χ2v) is 5.51. The Morgan fingerprint density at radius 2 is 1.78 bits per heavy atom. The van der Waals surface area contributed by atoms with Gasteiger partial charge in [-0.1, -0.05) is 12.1 Å². The summed E-state index contributed by atoms with van der Waals surface area (Å²) in [6.07, 6.45) is 0. The Morgan fingerprint density at radius 1 is 1.04 bits per heavy atom. The van der Waals surface area contributed by atoms with Crippen molar-refractivity contribution in [3.8, 4) is 5.75 Å². The van der Waals surface area contributed by atoms with Gasteiger partial charge in [0.05, 0.1) is 18.4 Å². The van der Waals surface area contributed by atoms with Crippen molar-refractivity contribution in [3.63, 3.8) is 0 Å². The van der Waals surface area contributed by atoms with E-state index in [1.54, 1.807) is 13.2 Å². The number of aromatic nitrogens is 2. The average molecular weight is 312 g/mol. The molecule has 0 atom stereocenters. The van der Waals surface area contributed by atoms with E-state index in [2.05, 4.69) is 15.1 Å². The van der Waals surface area contributed by atoms with E-state index in [0.717, 1.165) is 24.6 Å². The summed E-state index contributed by atoms with van der Waals surface area (Å²) in [6, 6.07) is 11.3. The molecule has 1 amide bonds. The molecule has 23 heavy (non-hydrogen) atoms. The highest BCUT2D eigenvalue weighted by Gasteiger charge is 2.24. The molecule has 1 fully saturated rings. The first-order chi connectivity index (χ1) is 11.2. The fourth-order valence-corrected chi connectivity index (χ4v) is 2.69. The second kappa shape index (κ2) is 6.64. The number of methoxy groups -OCH3 is 1. The van der Waals surface area contributed by atoms with Gasteiger partial charge in [0.2, 0.25) is 0 Å². The normalized spacial score (nSPS) is 14.7. The number of ether oxygens (including phenoxy) is 1. The molecule has 2 heterocycles. The molecule has 3 rings (SSSR count). The third-order valence-corrected chi connectivity index (χ3v) is 4.01. The molecular weight excluding hydrogens is 292 g/mol. The number of carbonyl (C=O) groups excluding carboxylic acids is 1. The molecular formula is C17H20N4O2. The van der Waals surface area contributed by atoms with Crippen LogP contribution in [-0.4, -0.2) is 54.3 Å². The van der Waals surface area contributed by atoms with Crippen molar-refractivity contribution >= 4 is 11.7 Å². The minimum Gasteiger partial charge on any atom is -0.496 e. The Balaban J connectivity index is 1.66. The summed E-state index contributed by atoms with van der Waals surface area (Å²) in [6.45, 7) is 4.73. The third kappa shape index (κ3) is 3.26. The Labute approximate surface area is 135 Å². The lowest BCUT2D eigenvalue weighted by Crippen LogP contribution is -2.49. The molecule has 0 radical (unpaired) electrons. The number of carbonyl (C=O) groups is 1. The highest BCUT2D eigenvalue weighted by molar-refractivity contribution is 5.97. The number of rotatable bonds is 3. The number of para-hydroxylation sites is 1. The van der Waals surface area contributed by atoms with Gasteiger partial charge >= 0.3 is 0 Å². The minimum atomic E-state index is 0.0112. The van der Waals surface area contributed by atoms with Gasteiger partial charge in [0.1, 0.15) is 5.75 Å². The summed E-state index contributed by atoms with van der Waals surface area (Å²) in [4.78, 5) is 16.7. The van der Waals surface area contributed by atoms with Crippen LogP contribution in [0.15, 0.2) is 36.4 Å². The van der Waals surface area contributed by atoms with Crippen molar-refractivity contribution in [2.75, 3.05) is 38.2 Å².